The first-order valence-electron chi connectivity index (χ1n) is 6.88. The first kappa shape index (κ1) is 16.0. The van der Waals surface area contributed by atoms with Crippen molar-refractivity contribution >= 4 is 12.0 Å². The molecule has 1 aromatic carbocycles. The molecule has 0 saturated heterocycles. The second-order valence-electron chi connectivity index (χ2n) is 4.63. The van der Waals surface area contributed by atoms with E-state index >= 15 is 0 Å². The summed E-state index contributed by atoms with van der Waals surface area (Å²) >= 11 is 0. The molecular formula is C15H22N2O3. The molecule has 0 aliphatic rings. The Labute approximate surface area is 119 Å². The topological polar surface area (TPSA) is 69.6 Å². The number of aliphatic carboxylic acids is 1. The van der Waals surface area contributed by atoms with Gasteiger partial charge >= 0.3 is 12.0 Å². The van der Waals surface area contributed by atoms with E-state index in [0.717, 1.165) is 5.56 Å². The van der Waals surface area contributed by atoms with E-state index in [4.69, 9.17) is 5.11 Å². The fourth-order valence-corrected chi connectivity index (χ4v) is 1.86. The van der Waals surface area contributed by atoms with Crippen LogP contribution in [0.3, 0.4) is 0 Å². The molecule has 1 atom stereocenters. The van der Waals surface area contributed by atoms with Crippen molar-refractivity contribution in [1.82, 2.24) is 10.2 Å². The van der Waals surface area contributed by atoms with Crippen LogP contribution in [0.5, 0.6) is 0 Å². The Morgan fingerprint density at radius 3 is 2.40 bits per heavy atom. The maximum absolute atomic E-state index is 12.0. The Kier molecular flexibility index (Phi) is 6.56. The number of nitrogens with one attached hydrogen (secondary N) is 1. The smallest absolute Gasteiger partial charge is 0.317 e. The van der Waals surface area contributed by atoms with Crippen molar-refractivity contribution in [1.29, 1.82) is 0 Å². The van der Waals surface area contributed by atoms with Crippen LogP contribution >= 0.6 is 0 Å². The van der Waals surface area contributed by atoms with Gasteiger partial charge in [-0.25, -0.2) is 4.79 Å². The predicted molar refractivity (Wildman–Crippen MR) is 77.3 cm³/mol. The summed E-state index contributed by atoms with van der Waals surface area (Å²) in [6.45, 7) is 4.96. The molecule has 0 fully saturated rings. The number of rotatable bonds is 7. The number of carbonyl (C=O) groups excluding carboxylic acids is 1. The highest BCUT2D eigenvalue weighted by atomic mass is 16.4. The first-order valence-corrected chi connectivity index (χ1v) is 6.88. The normalized spacial score (nSPS) is 11.7. The van der Waals surface area contributed by atoms with Gasteiger partial charge in [0.1, 0.15) is 0 Å². The monoisotopic (exact) mass is 278 g/mol. The summed E-state index contributed by atoms with van der Waals surface area (Å²) in [7, 11) is 0. The van der Waals surface area contributed by atoms with E-state index in [-0.39, 0.29) is 12.6 Å². The zero-order chi connectivity index (χ0) is 15.0. The Morgan fingerprint density at radius 2 is 1.90 bits per heavy atom. The largest absolute Gasteiger partial charge is 0.481 e. The van der Waals surface area contributed by atoms with Crippen LogP contribution in [-0.2, 0) is 11.3 Å². The Balaban J connectivity index is 2.53. The molecule has 0 aromatic heterocycles. The fourth-order valence-electron chi connectivity index (χ4n) is 1.86. The minimum absolute atomic E-state index is 0.163. The number of urea groups is 1. The van der Waals surface area contributed by atoms with Gasteiger partial charge in [0.05, 0.1) is 5.92 Å². The Hall–Kier alpha value is -2.04. The van der Waals surface area contributed by atoms with Crippen LogP contribution in [0.15, 0.2) is 30.3 Å². The molecule has 0 aliphatic carbocycles. The van der Waals surface area contributed by atoms with Crippen LogP contribution in [0, 0.1) is 5.92 Å². The first-order chi connectivity index (χ1) is 9.58. The average Bonchev–Trinajstić information content (AvgIpc) is 2.45. The van der Waals surface area contributed by atoms with Crippen LogP contribution in [0.1, 0.15) is 25.8 Å². The van der Waals surface area contributed by atoms with E-state index in [1.807, 2.05) is 37.3 Å². The second-order valence-corrected chi connectivity index (χ2v) is 4.63. The highest BCUT2D eigenvalue weighted by molar-refractivity contribution is 5.76. The van der Waals surface area contributed by atoms with Crippen molar-refractivity contribution in [2.75, 3.05) is 13.1 Å². The third kappa shape index (κ3) is 4.91. The van der Waals surface area contributed by atoms with Gasteiger partial charge in [-0.2, -0.15) is 0 Å². The van der Waals surface area contributed by atoms with E-state index in [2.05, 4.69) is 5.32 Å². The number of carboxylic acid groups (broad SMARTS) is 1. The molecule has 0 radical (unpaired) electrons. The van der Waals surface area contributed by atoms with Crippen LogP contribution in [0.25, 0.3) is 0 Å². The molecular weight excluding hydrogens is 256 g/mol. The summed E-state index contributed by atoms with van der Waals surface area (Å²) in [6, 6.07) is 9.48. The SMILES string of the molecule is CCC(CNC(=O)N(CC)Cc1ccccc1)C(=O)O. The maximum Gasteiger partial charge on any atom is 0.317 e. The van der Waals surface area contributed by atoms with E-state index < -0.39 is 11.9 Å². The lowest BCUT2D eigenvalue weighted by Gasteiger charge is -2.22. The molecule has 2 N–H and O–H groups in total. The maximum atomic E-state index is 12.0. The fraction of sp³-hybridized carbons (Fsp3) is 0.467. The lowest BCUT2D eigenvalue weighted by molar-refractivity contribution is -0.141. The molecule has 1 rings (SSSR count). The average molecular weight is 278 g/mol. The zero-order valence-corrected chi connectivity index (χ0v) is 12.0. The molecule has 20 heavy (non-hydrogen) atoms. The third-order valence-corrected chi connectivity index (χ3v) is 3.23. The molecule has 0 bridgehead atoms. The van der Waals surface area contributed by atoms with Crippen LogP contribution in [0.4, 0.5) is 4.79 Å². The molecule has 1 aromatic rings. The lowest BCUT2D eigenvalue weighted by atomic mass is 10.1. The van der Waals surface area contributed by atoms with Crippen LogP contribution in [-0.4, -0.2) is 35.1 Å². The van der Waals surface area contributed by atoms with Gasteiger partial charge < -0.3 is 15.3 Å². The van der Waals surface area contributed by atoms with Crippen molar-refractivity contribution < 1.29 is 14.7 Å². The zero-order valence-electron chi connectivity index (χ0n) is 12.0. The summed E-state index contributed by atoms with van der Waals surface area (Å²) in [5, 5.41) is 11.6. The minimum atomic E-state index is -0.876. The van der Waals surface area contributed by atoms with Crippen molar-refractivity contribution in [2.45, 2.75) is 26.8 Å². The summed E-state index contributed by atoms with van der Waals surface area (Å²) in [6.07, 6.45) is 0.500. The van der Waals surface area contributed by atoms with Gasteiger partial charge in [-0.05, 0) is 18.9 Å². The molecule has 110 valence electrons. The highest BCUT2D eigenvalue weighted by Crippen LogP contribution is 2.05. The molecule has 2 amide bonds. The van der Waals surface area contributed by atoms with Crippen LogP contribution < -0.4 is 5.32 Å². The summed E-state index contributed by atoms with van der Waals surface area (Å²) in [4.78, 5) is 24.6. The quantitative estimate of drug-likeness (QED) is 0.804. The molecule has 5 nitrogen and oxygen atoms in total. The number of benzene rings is 1. The van der Waals surface area contributed by atoms with Gasteiger partial charge in [-0.15, -0.1) is 0 Å². The van der Waals surface area contributed by atoms with E-state index in [0.29, 0.717) is 19.5 Å². The van der Waals surface area contributed by atoms with Crippen LogP contribution in [0.2, 0.25) is 0 Å². The number of carboxylic acids is 1. The summed E-state index contributed by atoms with van der Waals surface area (Å²) < 4.78 is 0. The van der Waals surface area contributed by atoms with E-state index in [1.54, 1.807) is 11.8 Å². The standard InChI is InChI=1S/C15H22N2O3/c1-3-13(14(18)19)10-16-15(20)17(4-2)11-12-8-6-5-7-9-12/h5-9,13H,3-4,10-11H2,1-2H3,(H,16,20)(H,18,19). The molecule has 0 aliphatic heterocycles. The van der Waals surface area contributed by atoms with Crippen molar-refractivity contribution in [3.8, 4) is 0 Å². The number of amides is 2. The molecule has 1 unspecified atom stereocenters. The van der Waals surface area contributed by atoms with Gasteiger partial charge in [0.15, 0.2) is 0 Å². The number of hydrogen-bond acceptors (Lipinski definition) is 2. The van der Waals surface area contributed by atoms with Gasteiger partial charge in [-0.3, -0.25) is 4.79 Å². The van der Waals surface area contributed by atoms with Gasteiger partial charge in [-0.1, -0.05) is 37.3 Å². The van der Waals surface area contributed by atoms with Gasteiger partial charge in [0.25, 0.3) is 0 Å². The molecule has 0 heterocycles. The molecule has 0 spiro atoms. The van der Waals surface area contributed by atoms with E-state index in [9.17, 15) is 9.59 Å². The van der Waals surface area contributed by atoms with Crippen molar-refractivity contribution in [2.24, 2.45) is 5.92 Å². The number of nitrogens with zero attached hydrogens (tertiary/aromatic N) is 1. The second kappa shape index (κ2) is 8.19. The number of hydrogen-bond donors (Lipinski definition) is 2. The van der Waals surface area contributed by atoms with Crippen molar-refractivity contribution in [3.05, 3.63) is 35.9 Å². The lowest BCUT2D eigenvalue weighted by Crippen LogP contribution is -2.42. The Morgan fingerprint density at radius 1 is 1.25 bits per heavy atom. The highest BCUT2D eigenvalue weighted by Gasteiger charge is 2.18. The van der Waals surface area contributed by atoms with Gasteiger partial charge in [0.2, 0.25) is 0 Å². The third-order valence-electron chi connectivity index (χ3n) is 3.23. The molecule has 5 heteroatoms. The van der Waals surface area contributed by atoms with Gasteiger partial charge in [0, 0.05) is 19.6 Å². The predicted octanol–water partition coefficient (Wildman–Crippen LogP) is 2.33. The molecule has 0 saturated carbocycles. The number of carbonyl (C=O) groups is 2. The summed E-state index contributed by atoms with van der Waals surface area (Å²) in [5.41, 5.74) is 1.05. The van der Waals surface area contributed by atoms with E-state index in [1.165, 1.54) is 0 Å². The Bertz CT molecular complexity index is 434. The summed E-state index contributed by atoms with van der Waals surface area (Å²) in [5.74, 6) is -1.41. The van der Waals surface area contributed by atoms with Crippen molar-refractivity contribution in [3.63, 3.8) is 0 Å². The minimum Gasteiger partial charge on any atom is -0.481 e.